The number of hydrogen-bond donors (Lipinski definition) is 1. The molecule has 0 saturated carbocycles. The van der Waals surface area contributed by atoms with Crippen LogP contribution in [0.15, 0.2) is 66.9 Å². The molecule has 2 aromatic carbocycles. The number of hydrogen-bond acceptors (Lipinski definition) is 3. The molecule has 24 heavy (non-hydrogen) atoms. The molecule has 120 valence electrons. The minimum absolute atomic E-state index is 0.171. The van der Waals surface area contributed by atoms with Crippen molar-refractivity contribution in [2.45, 2.75) is 13.3 Å². The van der Waals surface area contributed by atoms with Crippen LogP contribution in [0.4, 0.5) is 5.13 Å². The van der Waals surface area contributed by atoms with Crippen LogP contribution < -0.4 is 5.32 Å². The summed E-state index contributed by atoms with van der Waals surface area (Å²) in [5.41, 5.74) is 3.49. The Bertz CT molecular complexity index is 836. The number of nitrogens with zero attached hydrogens (tertiary/aromatic N) is 1. The molecule has 4 heteroatoms. The Morgan fingerprint density at radius 2 is 1.88 bits per heavy atom. The highest BCUT2D eigenvalue weighted by atomic mass is 32.1. The number of rotatable bonds is 5. The first kappa shape index (κ1) is 16.1. The van der Waals surface area contributed by atoms with Crippen LogP contribution in [0.2, 0.25) is 0 Å². The number of carbonyl (C=O) groups excluding carboxylic acids is 1. The molecule has 3 rings (SSSR count). The van der Waals surface area contributed by atoms with Crippen LogP contribution in [0, 0.1) is 6.92 Å². The van der Waals surface area contributed by atoms with E-state index in [1.54, 1.807) is 6.08 Å². The van der Waals surface area contributed by atoms with Crippen LogP contribution in [-0.2, 0) is 11.2 Å². The maximum absolute atomic E-state index is 12.0. The van der Waals surface area contributed by atoms with Crippen molar-refractivity contribution in [1.82, 2.24) is 4.98 Å². The zero-order valence-corrected chi connectivity index (χ0v) is 14.2. The van der Waals surface area contributed by atoms with Gasteiger partial charge in [0.05, 0.1) is 0 Å². The molecule has 0 saturated heterocycles. The SMILES string of the molecule is Cc1ccc(Cc2cnc(NC(=O)/C=C\c3ccccc3)s2)cc1. The number of carbonyl (C=O) groups is 1. The minimum Gasteiger partial charge on any atom is -0.298 e. The first-order valence-electron chi connectivity index (χ1n) is 7.73. The number of amides is 1. The highest BCUT2D eigenvalue weighted by Crippen LogP contribution is 2.21. The molecule has 0 aliphatic rings. The molecule has 1 heterocycles. The van der Waals surface area contributed by atoms with Crippen LogP contribution in [0.5, 0.6) is 0 Å². The summed E-state index contributed by atoms with van der Waals surface area (Å²) in [7, 11) is 0. The van der Waals surface area contributed by atoms with Crippen molar-refractivity contribution in [2.24, 2.45) is 0 Å². The van der Waals surface area contributed by atoms with E-state index >= 15 is 0 Å². The Kier molecular flexibility index (Phi) is 5.18. The molecule has 3 aromatic rings. The van der Waals surface area contributed by atoms with Crippen molar-refractivity contribution >= 4 is 28.5 Å². The number of benzene rings is 2. The largest absolute Gasteiger partial charge is 0.298 e. The van der Waals surface area contributed by atoms with Gasteiger partial charge in [-0.2, -0.15) is 0 Å². The van der Waals surface area contributed by atoms with Gasteiger partial charge in [0.1, 0.15) is 0 Å². The van der Waals surface area contributed by atoms with E-state index in [0.29, 0.717) is 5.13 Å². The summed E-state index contributed by atoms with van der Waals surface area (Å²) in [4.78, 5) is 17.4. The van der Waals surface area contributed by atoms with Gasteiger partial charge in [0.15, 0.2) is 5.13 Å². The Morgan fingerprint density at radius 3 is 2.62 bits per heavy atom. The van der Waals surface area contributed by atoms with E-state index in [0.717, 1.165) is 16.9 Å². The predicted molar refractivity (Wildman–Crippen MR) is 100 cm³/mol. The van der Waals surface area contributed by atoms with E-state index in [4.69, 9.17) is 0 Å². The van der Waals surface area contributed by atoms with E-state index < -0.39 is 0 Å². The van der Waals surface area contributed by atoms with Gasteiger partial charge in [-0.3, -0.25) is 10.1 Å². The lowest BCUT2D eigenvalue weighted by Crippen LogP contribution is -2.06. The third kappa shape index (κ3) is 4.64. The standard InChI is InChI=1S/C20H18N2OS/c1-15-7-9-17(10-8-15)13-18-14-21-20(24-18)22-19(23)12-11-16-5-3-2-4-6-16/h2-12,14H,13H2,1H3,(H,21,22,23)/b12-11-. The third-order valence-corrected chi connectivity index (χ3v) is 4.42. The summed E-state index contributed by atoms with van der Waals surface area (Å²) in [6.45, 7) is 2.08. The van der Waals surface area contributed by atoms with E-state index in [-0.39, 0.29) is 5.91 Å². The zero-order chi connectivity index (χ0) is 16.8. The van der Waals surface area contributed by atoms with Crippen LogP contribution >= 0.6 is 11.3 Å². The second-order valence-corrected chi connectivity index (χ2v) is 6.64. The molecule has 1 amide bonds. The Hall–Kier alpha value is -2.72. The van der Waals surface area contributed by atoms with E-state index in [1.807, 2.05) is 36.5 Å². The summed E-state index contributed by atoms with van der Waals surface area (Å²) in [5.74, 6) is -0.171. The van der Waals surface area contributed by atoms with Crippen LogP contribution in [0.25, 0.3) is 6.08 Å². The van der Waals surface area contributed by atoms with Crippen molar-refractivity contribution in [3.8, 4) is 0 Å². The minimum atomic E-state index is -0.171. The molecule has 0 spiro atoms. The Labute approximate surface area is 145 Å². The van der Waals surface area contributed by atoms with Gasteiger partial charge in [-0.25, -0.2) is 4.98 Å². The van der Waals surface area contributed by atoms with Gasteiger partial charge >= 0.3 is 0 Å². The lowest BCUT2D eigenvalue weighted by atomic mass is 10.1. The van der Waals surface area contributed by atoms with Gasteiger partial charge in [0.25, 0.3) is 0 Å². The maximum atomic E-state index is 12.0. The maximum Gasteiger partial charge on any atom is 0.250 e. The highest BCUT2D eigenvalue weighted by molar-refractivity contribution is 7.15. The molecule has 0 aliphatic heterocycles. The van der Waals surface area contributed by atoms with E-state index in [2.05, 4.69) is 41.5 Å². The highest BCUT2D eigenvalue weighted by Gasteiger charge is 2.05. The summed E-state index contributed by atoms with van der Waals surface area (Å²) < 4.78 is 0. The Balaban J connectivity index is 1.58. The molecule has 0 radical (unpaired) electrons. The normalized spacial score (nSPS) is 10.9. The molecule has 1 aromatic heterocycles. The average Bonchev–Trinajstić information content (AvgIpc) is 3.03. The van der Waals surface area contributed by atoms with Crippen molar-refractivity contribution < 1.29 is 4.79 Å². The van der Waals surface area contributed by atoms with Gasteiger partial charge in [0.2, 0.25) is 5.91 Å². The molecular weight excluding hydrogens is 316 g/mol. The van der Waals surface area contributed by atoms with Gasteiger partial charge in [-0.1, -0.05) is 60.2 Å². The molecular formula is C20H18N2OS. The molecule has 0 atom stereocenters. The van der Waals surface area contributed by atoms with Crippen molar-refractivity contribution in [2.75, 3.05) is 5.32 Å². The van der Waals surface area contributed by atoms with Crippen molar-refractivity contribution in [3.63, 3.8) is 0 Å². The lowest BCUT2D eigenvalue weighted by molar-refractivity contribution is -0.111. The van der Waals surface area contributed by atoms with Gasteiger partial charge < -0.3 is 0 Å². The van der Waals surface area contributed by atoms with Gasteiger partial charge in [0, 0.05) is 23.6 Å². The second-order valence-electron chi connectivity index (χ2n) is 5.53. The summed E-state index contributed by atoms with van der Waals surface area (Å²) in [5, 5.41) is 3.43. The summed E-state index contributed by atoms with van der Waals surface area (Å²) in [6.07, 6.45) is 5.96. The number of aromatic nitrogens is 1. The van der Waals surface area contributed by atoms with Crippen LogP contribution in [-0.4, -0.2) is 10.9 Å². The van der Waals surface area contributed by atoms with Crippen molar-refractivity contribution in [1.29, 1.82) is 0 Å². The second kappa shape index (κ2) is 7.70. The molecule has 1 N–H and O–H groups in total. The van der Waals surface area contributed by atoms with Gasteiger partial charge in [-0.15, -0.1) is 11.3 Å². The first-order valence-corrected chi connectivity index (χ1v) is 8.55. The van der Waals surface area contributed by atoms with Gasteiger partial charge in [-0.05, 0) is 24.1 Å². The molecule has 0 aliphatic carbocycles. The van der Waals surface area contributed by atoms with Crippen LogP contribution in [0.1, 0.15) is 21.6 Å². The topological polar surface area (TPSA) is 42.0 Å². The molecule has 3 nitrogen and oxygen atoms in total. The monoisotopic (exact) mass is 334 g/mol. The molecule has 0 fully saturated rings. The fourth-order valence-electron chi connectivity index (χ4n) is 2.24. The third-order valence-electron chi connectivity index (χ3n) is 3.51. The fraction of sp³-hybridized carbons (Fsp3) is 0.100. The van der Waals surface area contributed by atoms with Crippen molar-refractivity contribution in [3.05, 3.63) is 88.4 Å². The summed E-state index contributed by atoms with van der Waals surface area (Å²) >= 11 is 1.50. The average molecular weight is 334 g/mol. The quantitative estimate of drug-likeness (QED) is 0.688. The molecule has 0 unspecified atom stereocenters. The summed E-state index contributed by atoms with van der Waals surface area (Å²) in [6, 6.07) is 18.2. The predicted octanol–water partition coefficient (Wildman–Crippen LogP) is 4.69. The number of aryl methyl sites for hydroxylation is 1. The zero-order valence-electron chi connectivity index (χ0n) is 13.4. The van der Waals surface area contributed by atoms with E-state index in [1.165, 1.54) is 28.5 Å². The fourth-order valence-corrected chi connectivity index (χ4v) is 3.09. The Morgan fingerprint density at radius 1 is 1.12 bits per heavy atom. The first-order chi connectivity index (χ1) is 11.7. The molecule has 0 bridgehead atoms. The van der Waals surface area contributed by atoms with E-state index in [9.17, 15) is 4.79 Å². The number of anilines is 1. The lowest BCUT2D eigenvalue weighted by Gasteiger charge is -1.99. The number of nitrogens with one attached hydrogen (secondary N) is 1. The smallest absolute Gasteiger partial charge is 0.250 e. The number of thiazole rings is 1. The van der Waals surface area contributed by atoms with Crippen LogP contribution in [0.3, 0.4) is 0 Å².